The number of anilines is 1. The molecule has 0 aliphatic carbocycles. The molecule has 1 N–H and O–H groups in total. The van der Waals surface area contributed by atoms with Gasteiger partial charge in [-0.1, -0.05) is 73.7 Å². The number of carbonyl (C=O) groups excluding carboxylic acids is 2. The molecule has 1 saturated heterocycles. The van der Waals surface area contributed by atoms with Gasteiger partial charge in [0.2, 0.25) is 11.8 Å². The second-order valence-electron chi connectivity index (χ2n) is 10.1. The maximum absolute atomic E-state index is 13.8. The number of imidazole rings is 1. The number of aromatic nitrogens is 2. The zero-order valence-corrected chi connectivity index (χ0v) is 21.8. The van der Waals surface area contributed by atoms with Gasteiger partial charge in [0.25, 0.3) is 0 Å². The molecule has 1 aromatic heterocycles. The Kier molecular flexibility index (Phi) is 8.14. The summed E-state index contributed by atoms with van der Waals surface area (Å²) >= 11 is 0. The number of piperidine rings is 1. The van der Waals surface area contributed by atoms with E-state index in [0.29, 0.717) is 24.9 Å². The van der Waals surface area contributed by atoms with Gasteiger partial charge >= 0.3 is 0 Å². The lowest BCUT2D eigenvalue weighted by Gasteiger charge is -2.33. The average molecular weight is 511 g/mol. The smallest absolute Gasteiger partial charge is 0.250 e. The number of fused-ring (bicyclic) bond motifs is 1. The molecule has 5 rings (SSSR count). The van der Waals surface area contributed by atoms with Crippen LogP contribution in [0.4, 0.5) is 5.82 Å². The van der Waals surface area contributed by atoms with Gasteiger partial charge in [-0.05, 0) is 46.7 Å². The van der Waals surface area contributed by atoms with Crippen LogP contribution in [0.2, 0.25) is 0 Å². The first-order valence-corrected chi connectivity index (χ1v) is 13.3. The molecule has 2 heterocycles. The zero-order valence-electron chi connectivity index (χ0n) is 21.8. The van der Waals surface area contributed by atoms with Crippen LogP contribution in [0.25, 0.3) is 10.8 Å². The molecular weight excluding hydrogens is 476 g/mol. The van der Waals surface area contributed by atoms with E-state index in [1.807, 2.05) is 58.0 Å². The second kappa shape index (κ2) is 12.0. The summed E-state index contributed by atoms with van der Waals surface area (Å²) in [6.45, 7) is 4.53. The molecule has 38 heavy (non-hydrogen) atoms. The van der Waals surface area contributed by atoms with Crippen molar-refractivity contribution in [3.05, 3.63) is 96.4 Å². The largest absolute Gasteiger partial charge is 0.376 e. The van der Waals surface area contributed by atoms with Crippen LogP contribution >= 0.6 is 0 Å². The fourth-order valence-electron chi connectivity index (χ4n) is 4.90. The van der Waals surface area contributed by atoms with E-state index in [1.165, 1.54) is 0 Å². The SMILES string of the molecule is CC1CCN(C(=O)C(c2ccc3ccccc3c2)n2cnc(NC(=O)CCOCc3ccccc3)c2)CC1. The van der Waals surface area contributed by atoms with E-state index in [4.69, 9.17) is 4.74 Å². The minimum Gasteiger partial charge on any atom is -0.376 e. The third kappa shape index (κ3) is 6.29. The fraction of sp³-hybridized carbons (Fsp3) is 0.323. The molecule has 4 aromatic rings. The number of benzene rings is 3. The van der Waals surface area contributed by atoms with Gasteiger partial charge in [-0.25, -0.2) is 4.98 Å². The van der Waals surface area contributed by atoms with Crippen molar-refractivity contribution in [1.82, 2.24) is 14.5 Å². The highest BCUT2D eigenvalue weighted by Gasteiger charge is 2.30. The summed E-state index contributed by atoms with van der Waals surface area (Å²) in [6.07, 6.45) is 5.61. The highest BCUT2D eigenvalue weighted by atomic mass is 16.5. The van der Waals surface area contributed by atoms with E-state index in [-0.39, 0.29) is 18.2 Å². The third-order valence-electron chi connectivity index (χ3n) is 7.17. The monoisotopic (exact) mass is 510 g/mol. The number of amides is 2. The number of nitrogens with one attached hydrogen (secondary N) is 1. The molecule has 7 heteroatoms. The van der Waals surface area contributed by atoms with Crippen LogP contribution in [-0.4, -0.2) is 46.0 Å². The zero-order chi connectivity index (χ0) is 26.3. The summed E-state index contributed by atoms with van der Waals surface area (Å²) in [5, 5.41) is 5.06. The normalized spacial score (nSPS) is 14.9. The first-order chi connectivity index (χ1) is 18.6. The van der Waals surface area contributed by atoms with Crippen molar-refractivity contribution in [2.24, 2.45) is 5.92 Å². The van der Waals surface area contributed by atoms with Gasteiger partial charge in [0, 0.05) is 19.3 Å². The van der Waals surface area contributed by atoms with Crippen molar-refractivity contribution in [1.29, 1.82) is 0 Å². The third-order valence-corrected chi connectivity index (χ3v) is 7.17. The molecular formula is C31H34N4O3. The van der Waals surface area contributed by atoms with Crippen molar-refractivity contribution in [3.8, 4) is 0 Å². The van der Waals surface area contributed by atoms with Gasteiger partial charge in [0.15, 0.2) is 5.82 Å². The predicted octanol–water partition coefficient (Wildman–Crippen LogP) is 5.43. The maximum Gasteiger partial charge on any atom is 0.250 e. The van der Waals surface area contributed by atoms with E-state index in [2.05, 4.69) is 41.5 Å². The number of nitrogens with zero attached hydrogens (tertiary/aromatic N) is 3. The summed E-state index contributed by atoms with van der Waals surface area (Å²) in [6, 6.07) is 23.6. The van der Waals surface area contributed by atoms with Crippen molar-refractivity contribution in [3.63, 3.8) is 0 Å². The summed E-state index contributed by atoms with van der Waals surface area (Å²) < 4.78 is 7.45. The van der Waals surface area contributed by atoms with E-state index in [1.54, 1.807) is 12.5 Å². The lowest BCUT2D eigenvalue weighted by atomic mass is 9.96. The first-order valence-electron chi connectivity index (χ1n) is 13.3. The minimum atomic E-state index is -0.555. The minimum absolute atomic E-state index is 0.0526. The highest BCUT2D eigenvalue weighted by molar-refractivity contribution is 5.90. The molecule has 0 saturated carbocycles. The molecule has 0 bridgehead atoms. The molecule has 7 nitrogen and oxygen atoms in total. The fourth-order valence-corrected chi connectivity index (χ4v) is 4.90. The van der Waals surface area contributed by atoms with E-state index >= 15 is 0 Å². The Labute approximate surface area is 223 Å². The van der Waals surface area contributed by atoms with Crippen LogP contribution in [0.1, 0.15) is 43.4 Å². The van der Waals surface area contributed by atoms with Crippen LogP contribution in [0.5, 0.6) is 0 Å². The average Bonchev–Trinajstić information content (AvgIpc) is 3.39. The number of likely N-dealkylation sites (tertiary alicyclic amines) is 1. The Hall–Kier alpha value is -3.97. The molecule has 0 spiro atoms. The lowest BCUT2D eigenvalue weighted by molar-refractivity contribution is -0.134. The second-order valence-corrected chi connectivity index (χ2v) is 10.1. The number of carbonyl (C=O) groups is 2. The number of ether oxygens (including phenoxy) is 1. The van der Waals surface area contributed by atoms with Crippen LogP contribution in [0.15, 0.2) is 85.3 Å². The molecule has 1 unspecified atom stereocenters. The molecule has 2 amide bonds. The molecule has 196 valence electrons. The van der Waals surface area contributed by atoms with Crippen molar-refractivity contribution in [2.75, 3.05) is 25.0 Å². The van der Waals surface area contributed by atoms with Crippen LogP contribution < -0.4 is 5.32 Å². The maximum atomic E-state index is 13.8. The van der Waals surface area contributed by atoms with E-state index in [0.717, 1.165) is 47.8 Å². The topological polar surface area (TPSA) is 76.5 Å². The molecule has 1 aliphatic rings. The lowest BCUT2D eigenvalue weighted by Crippen LogP contribution is -2.42. The van der Waals surface area contributed by atoms with Crippen molar-refractivity contribution < 1.29 is 14.3 Å². The Morgan fingerprint density at radius 3 is 2.53 bits per heavy atom. The van der Waals surface area contributed by atoms with Crippen LogP contribution in [0.3, 0.4) is 0 Å². The van der Waals surface area contributed by atoms with E-state index in [9.17, 15) is 9.59 Å². The van der Waals surface area contributed by atoms with Crippen LogP contribution in [-0.2, 0) is 20.9 Å². The molecule has 1 aliphatic heterocycles. The Bertz CT molecular complexity index is 1380. The van der Waals surface area contributed by atoms with Gasteiger partial charge in [0.1, 0.15) is 6.04 Å². The van der Waals surface area contributed by atoms with Crippen LogP contribution in [0, 0.1) is 5.92 Å². The number of hydrogen-bond donors (Lipinski definition) is 1. The molecule has 0 radical (unpaired) electrons. The van der Waals surface area contributed by atoms with Gasteiger partial charge in [-0.2, -0.15) is 0 Å². The first kappa shape index (κ1) is 25.7. The van der Waals surface area contributed by atoms with Gasteiger partial charge < -0.3 is 19.5 Å². The number of hydrogen-bond acceptors (Lipinski definition) is 4. The molecule has 3 aromatic carbocycles. The summed E-state index contributed by atoms with van der Waals surface area (Å²) in [5.41, 5.74) is 1.97. The molecule has 1 fully saturated rings. The van der Waals surface area contributed by atoms with Gasteiger partial charge in [-0.3, -0.25) is 9.59 Å². The summed E-state index contributed by atoms with van der Waals surface area (Å²) in [7, 11) is 0. The number of rotatable bonds is 9. The quantitative estimate of drug-likeness (QED) is 0.305. The Morgan fingerprint density at radius 2 is 1.74 bits per heavy atom. The van der Waals surface area contributed by atoms with Gasteiger partial charge in [-0.15, -0.1) is 0 Å². The summed E-state index contributed by atoms with van der Waals surface area (Å²) in [5.74, 6) is 0.924. The van der Waals surface area contributed by atoms with Gasteiger partial charge in [0.05, 0.1) is 26.0 Å². The van der Waals surface area contributed by atoms with Crippen molar-refractivity contribution >= 4 is 28.4 Å². The Morgan fingerprint density at radius 1 is 1.00 bits per heavy atom. The van der Waals surface area contributed by atoms with E-state index < -0.39 is 6.04 Å². The Balaban J connectivity index is 1.28. The van der Waals surface area contributed by atoms with Crippen molar-refractivity contribution in [2.45, 2.75) is 38.8 Å². The standard InChI is InChI=1S/C31H34N4O3/c1-23-13-16-34(17-14-23)31(37)30(27-12-11-25-9-5-6-10-26(25)19-27)35-20-28(32-22-35)33-29(36)15-18-38-21-24-7-3-2-4-8-24/h2-12,19-20,22-23,30H,13-18,21H2,1H3,(H,33,36). The summed E-state index contributed by atoms with van der Waals surface area (Å²) in [4.78, 5) is 32.7. The predicted molar refractivity (Wildman–Crippen MR) is 149 cm³/mol. The highest BCUT2D eigenvalue weighted by Crippen LogP contribution is 2.28. The molecule has 1 atom stereocenters.